The standard InChI is InChI=1S/C25H36O4Si/c1-18(2)30(19(3)4,20(5)6)29-23-14-12-21(13-15-23)16-24(25(26)27)28-17-22-10-8-7-9-11-22/h7-15,18-20,24H,16-17H2,1-6H3,(H,26,27)/t24-/m1/s1. The van der Waals surface area contributed by atoms with Crippen molar-refractivity contribution in [1.29, 1.82) is 0 Å². The van der Waals surface area contributed by atoms with Gasteiger partial charge in [0.25, 0.3) is 8.32 Å². The fraction of sp³-hybridized carbons (Fsp3) is 0.480. The van der Waals surface area contributed by atoms with E-state index in [4.69, 9.17) is 9.16 Å². The zero-order chi connectivity index (χ0) is 22.3. The Bertz CT molecular complexity index is 763. The molecule has 1 atom stereocenters. The molecule has 0 aliphatic heterocycles. The quantitative estimate of drug-likeness (QED) is 0.418. The number of carboxylic acid groups (broad SMARTS) is 1. The summed E-state index contributed by atoms with van der Waals surface area (Å²) in [6.07, 6.45) is -0.559. The van der Waals surface area contributed by atoms with E-state index in [1.54, 1.807) is 0 Å². The molecule has 4 nitrogen and oxygen atoms in total. The van der Waals surface area contributed by atoms with Crippen molar-refractivity contribution < 1.29 is 19.1 Å². The molecule has 1 N–H and O–H groups in total. The smallest absolute Gasteiger partial charge is 0.333 e. The molecule has 0 aliphatic carbocycles. The zero-order valence-corrected chi connectivity index (χ0v) is 20.1. The van der Waals surface area contributed by atoms with Gasteiger partial charge in [-0.3, -0.25) is 0 Å². The van der Waals surface area contributed by atoms with Gasteiger partial charge in [0.05, 0.1) is 6.61 Å². The molecule has 0 radical (unpaired) electrons. The Morgan fingerprint density at radius 1 is 0.833 bits per heavy atom. The van der Waals surface area contributed by atoms with Crippen LogP contribution in [0.1, 0.15) is 52.7 Å². The Kier molecular flexibility index (Phi) is 8.68. The molecule has 0 heterocycles. The predicted molar refractivity (Wildman–Crippen MR) is 124 cm³/mol. The van der Waals surface area contributed by atoms with Crippen molar-refractivity contribution in [2.75, 3.05) is 0 Å². The van der Waals surface area contributed by atoms with Crippen LogP contribution in [0.2, 0.25) is 16.6 Å². The molecule has 0 spiro atoms. The minimum Gasteiger partial charge on any atom is -0.543 e. The van der Waals surface area contributed by atoms with Gasteiger partial charge in [-0.25, -0.2) is 4.79 Å². The highest BCUT2D eigenvalue weighted by molar-refractivity contribution is 6.78. The normalized spacial score (nSPS) is 13.1. The number of hydrogen-bond donors (Lipinski definition) is 1. The maximum Gasteiger partial charge on any atom is 0.333 e. The molecule has 0 unspecified atom stereocenters. The van der Waals surface area contributed by atoms with Gasteiger partial charge in [-0.05, 0) is 39.9 Å². The highest BCUT2D eigenvalue weighted by Gasteiger charge is 2.46. The zero-order valence-electron chi connectivity index (χ0n) is 19.1. The second-order valence-corrected chi connectivity index (χ2v) is 14.3. The van der Waals surface area contributed by atoms with Crippen LogP contribution in [0.5, 0.6) is 5.75 Å². The first kappa shape index (κ1) is 24.2. The summed E-state index contributed by atoms with van der Waals surface area (Å²) in [4.78, 5) is 11.7. The molecular formula is C25H36O4Si. The lowest BCUT2D eigenvalue weighted by Gasteiger charge is -2.42. The molecule has 30 heavy (non-hydrogen) atoms. The Balaban J connectivity index is 2.08. The van der Waals surface area contributed by atoms with Gasteiger partial charge in [-0.15, -0.1) is 0 Å². The van der Waals surface area contributed by atoms with Crippen molar-refractivity contribution in [1.82, 2.24) is 0 Å². The first-order valence-electron chi connectivity index (χ1n) is 10.8. The monoisotopic (exact) mass is 428 g/mol. The second kappa shape index (κ2) is 10.8. The Labute approximate surface area is 182 Å². The van der Waals surface area contributed by atoms with E-state index < -0.39 is 20.4 Å². The van der Waals surface area contributed by atoms with Gasteiger partial charge in [-0.1, -0.05) is 84.0 Å². The van der Waals surface area contributed by atoms with E-state index >= 15 is 0 Å². The molecule has 5 heteroatoms. The largest absolute Gasteiger partial charge is 0.543 e. The van der Waals surface area contributed by atoms with Crippen LogP contribution in [0.3, 0.4) is 0 Å². The Hall–Kier alpha value is -2.11. The highest BCUT2D eigenvalue weighted by atomic mass is 28.4. The summed E-state index contributed by atoms with van der Waals surface area (Å²) in [6, 6.07) is 17.5. The fourth-order valence-electron chi connectivity index (χ4n) is 4.45. The first-order valence-corrected chi connectivity index (χ1v) is 13.0. The van der Waals surface area contributed by atoms with E-state index in [0.29, 0.717) is 23.0 Å². The van der Waals surface area contributed by atoms with Crippen LogP contribution in [-0.4, -0.2) is 25.5 Å². The molecule has 2 aromatic carbocycles. The molecule has 0 aromatic heterocycles. The maximum absolute atomic E-state index is 11.7. The predicted octanol–water partition coefficient (Wildman–Crippen LogP) is 6.45. The van der Waals surface area contributed by atoms with Crippen molar-refractivity contribution in [2.24, 2.45) is 0 Å². The molecule has 2 aromatic rings. The third kappa shape index (κ3) is 5.96. The molecule has 0 bridgehead atoms. The topological polar surface area (TPSA) is 55.8 Å². The van der Waals surface area contributed by atoms with E-state index in [1.807, 2.05) is 54.6 Å². The Morgan fingerprint density at radius 3 is 1.83 bits per heavy atom. The summed E-state index contributed by atoms with van der Waals surface area (Å²) in [6.45, 7) is 13.9. The molecular weight excluding hydrogens is 392 g/mol. The van der Waals surface area contributed by atoms with Crippen molar-refractivity contribution in [3.8, 4) is 5.75 Å². The van der Waals surface area contributed by atoms with E-state index in [1.165, 1.54) is 0 Å². The van der Waals surface area contributed by atoms with Gasteiger partial charge in [0.1, 0.15) is 5.75 Å². The number of carboxylic acids is 1. The van der Waals surface area contributed by atoms with Gasteiger partial charge in [0.15, 0.2) is 6.10 Å². The molecule has 164 valence electrons. The number of aliphatic carboxylic acids is 1. The van der Waals surface area contributed by atoms with Crippen LogP contribution in [-0.2, 0) is 22.6 Å². The van der Waals surface area contributed by atoms with Crippen LogP contribution in [0, 0.1) is 0 Å². The molecule has 0 fully saturated rings. The molecule has 0 amide bonds. The van der Waals surface area contributed by atoms with Crippen molar-refractivity contribution in [3.63, 3.8) is 0 Å². The molecule has 0 saturated carbocycles. The van der Waals surface area contributed by atoms with Gasteiger partial charge in [0.2, 0.25) is 0 Å². The average Bonchev–Trinajstić information content (AvgIpc) is 2.70. The number of ether oxygens (including phenoxy) is 1. The maximum atomic E-state index is 11.7. The van der Waals surface area contributed by atoms with E-state index in [0.717, 1.165) is 16.9 Å². The summed E-state index contributed by atoms with van der Waals surface area (Å²) in [5.41, 5.74) is 3.39. The summed E-state index contributed by atoms with van der Waals surface area (Å²) in [5.74, 6) is -0.0734. The summed E-state index contributed by atoms with van der Waals surface area (Å²) < 4.78 is 12.4. The van der Waals surface area contributed by atoms with Crippen molar-refractivity contribution in [2.45, 2.75) is 77.3 Å². The first-order chi connectivity index (χ1) is 14.2. The summed E-state index contributed by atoms with van der Waals surface area (Å²) in [5, 5.41) is 9.56. The summed E-state index contributed by atoms with van der Waals surface area (Å²) >= 11 is 0. The van der Waals surface area contributed by atoms with Crippen LogP contribution in [0.25, 0.3) is 0 Å². The number of carbonyl (C=O) groups is 1. The summed E-state index contributed by atoms with van der Waals surface area (Å²) in [7, 11) is -2.00. The number of rotatable bonds is 11. The number of benzene rings is 2. The fourth-order valence-corrected chi connectivity index (χ4v) is 9.71. The van der Waals surface area contributed by atoms with Gasteiger partial charge < -0.3 is 14.3 Å². The average molecular weight is 429 g/mol. The Morgan fingerprint density at radius 2 is 1.37 bits per heavy atom. The lowest BCUT2D eigenvalue weighted by molar-refractivity contribution is -0.151. The van der Waals surface area contributed by atoms with Crippen LogP contribution < -0.4 is 4.43 Å². The van der Waals surface area contributed by atoms with Gasteiger partial charge in [0, 0.05) is 6.42 Å². The van der Waals surface area contributed by atoms with Crippen molar-refractivity contribution in [3.05, 3.63) is 65.7 Å². The third-order valence-corrected chi connectivity index (χ3v) is 11.9. The minimum absolute atomic E-state index is 0.282. The minimum atomic E-state index is -2.00. The highest BCUT2D eigenvalue weighted by Crippen LogP contribution is 2.42. The SMILES string of the molecule is CC(C)[Si](Oc1ccc(C[C@@H](OCc2ccccc2)C(=O)O)cc1)(C(C)C)C(C)C. The lowest BCUT2D eigenvalue weighted by atomic mass is 10.1. The molecule has 0 saturated heterocycles. The van der Waals surface area contributed by atoms with Crippen LogP contribution in [0.4, 0.5) is 0 Å². The van der Waals surface area contributed by atoms with E-state index in [2.05, 4.69) is 41.5 Å². The van der Waals surface area contributed by atoms with Gasteiger partial charge in [-0.2, -0.15) is 0 Å². The van der Waals surface area contributed by atoms with Crippen LogP contribution >= 0.6 is 0 Å². The number of hydrogen-bond acceptors (Lipinski definition) is 3. The van der Waals surface area contributed by atoms with E-state index in [-0.39, 0.29) is 6.61 Å². The van der Waals surface area contributed by atoms with Crippen LogP contribution in [0.15, 0.2) is 54.6 Å². The molecule has 2 rings (SSSR count). The van der Waals surface area contributed by atoms with E-state index in [9.17, 15) is 9.90 Å². The second-order valence-electron chi connectivity index (χ2n) is 8.89. The third-order valence-electron chi connectivity index (χ3n) is 5.92. The van der Waals surface area contributed by atoms with Gasteiger partial charge >= 0.3 is 5.97 Å². The van der Waals surface area contributed by atoms with Crippen molar-refractivity contribution >= 4 is 14.3 Å². The molecule has 0 aliphatic rings. The lowest BCUT2D eigenvalue weighted by Crippen LogP contribution is -2.50.